The Labute approximate surface area is 177 Å². The van der Waals surface area contributed by atoms with Gasteiger partial charge in [0.2, 0.25) is 15.9 Å². The van der Waals surface area contributed by atoms with Gasteiger partial charge in [0.1, 0.15) is 0 Å². The van der Waals surface area contributed by atoms with E-state index in [1.807, 2.05) is 6.92 Å². The standard InChI is InChI=1S/C19H23N5O4S2/c1-11(16(20)25)8-12-10-21-17(29-12)24-15-9-13(4-5-14(15)23(3)18(24)26)30(27,28)22-19(2)6-7-19/h4-5,9-11,22H,6-8H2,1-3H3,(H2,20,25). The van der Waals surface area contributed by atoms with Crippen LogP contribution in [0, 0.1) is 5.92 Å². The predicted molar refractivity (Wildman–Crippen MR) is 114 cm³/mol. The van der Waals surface area contributed by atoms with Gasteiger partial charge in [0.15, 0.2) is 5.13 Å². The Bertz CT molecular complexity index is 1310. The zero-order chi connectivity index (χ0) is 21.8. The molecule has 0 aliphatic heterocycles. The van der Waals surface area contributed by atoms with Crippen LogP contribution >= 0.6 is 11.3 Å². The topological polar surface area (TPSA) is 129 Å². The van der Waals surface area contributed by atoms with E-state index in [4.69, 9.17) is 5.73 Å². The number of carbonyl (C=O) groups excluding carboxylic acids is 1. The van der Waals surface area contributed by atoms with Crippen LogP contribution in [0.3, 0.4) is 0 Å². The fraction of sp³-hybridized carbons (Fsp3) is 0.421. The molecule has 2 aromatic heterocycles. The van der Waals surface area contributed by atoms with Crippen LogP contribution in [0.15, 0.2) is 34.1 Å². The van der Waals surface area contributed by atoms with Crippen LogP contribution in [0.1, 0.15) is 31.6 Å². The predicted octanol–water partition coefficient (Wildman–Crippen LogP) is 1.28. The highest BCUT2D eigenvalue weighted by Gasteiger charge is 2.41. The lowest BCUT2D eigenvalue weighted by atomic mass is 10.1. The zero-order valence-corrected chi connectivity index (χ0v) is 18.5. The number of nitrogens with zero attached hydrogens (tertiary/aromatic N) is 3. The van der Waals surface area contributed by atoms with E-state index in [0.717, 1.165) is 17.7 Å². The number of hydrogen-bond donors (Lipinski definition) is 2. The van der Waals surface area contributed by atoms with Gasteiger partial charge in [-0.05, 0) is 44.4 Å². The maximum Gasteiger partial charge on any atom is 0.335 e. The van der Waals surface area contributed by atoms with E-state index in [2.05, 4.69) is 9.71 Å². The van der Waals surface area contributed by atoms with Crippen molar-refractivity contribution in [3.05, 3.63) is 39.8 Å². The van der Waals surface area contributed by atoms with Gasteiger partial charge in [-0.1, -0.05) is 6.92 Å². The number of sulfonamides is 1. The highest BCUT2D eigenvalue weighted by molar-refractivity contribution is 7.89. The molecule has 1 unspecified atom stereocenters. The number of benzene rings is 1. The smallest absolute Gasteiger partial charge is 0.335 e. The highest BCUT2D eigenvalue weighted by Crippen LogP contribution is 2.36. The second-order valence-electron chi connectivity index (χ2n) is 8.11. The molecule has 3 aromatic rings. The summed E-state index contributed by atoms with van der Waals surface area (Å²) in [6.07, 6.45) is 3.64. The Kier molecular flexibility index (Phi) is 4.87. The van der Waals surface area contributed by atoms with Crippen molar-refractivity contribution in [1.82, 2.24) is 18.8 Å². The largest absolute Gasteiger partial charge is 0.369 e. The Morgan fingerprint density at radius 1 is 1.37 bits per heavy atom. The molecular formula is C19H23N5O4S2. The Balaban J connectivity index is 1.79. The number of aryl methyl sites for hydroxylation is 1. The summed E-state index contributed by atoms with van der Waals surface area (Å²) in [6.45, 7) is 3.60. The molecule has 1 aliphatic carbocycles. The third kappa shape index (κ3) is 3.68. The molecule has 9 nitrogen and oxygen atoms in total. The normalized spacial score (nSPS) is 16.6. The van der Waals surface area contributed by atoms with Crippen molar-refractivity contribution >= 4 is 38.3 Å². The quantitative estimate of drug-likeness (QED) is 0.561. The minimum Gasteiger partial charge on any atom is -0.369 e. The monoisotopic (exact) mass is 449 g/mol. The van der Waals surface area contributed by atoms with Crippen molar-refractivity contribution in [3.8, 4) is 5.13 Å². The van der Waals surface area contributed by atoms with Crippen LogP contribution in [-0.4, -0.2) is 34.0 Å². The van der Waals surface area contributed by atoms with Gasteiger partial charge in [-0.3, -0.25) is 9.36 Å². The maximum atomic E-state index is 12.9. The molecule has 160 valence electrons. The van der Waals surface area contributed by atoms with Crippen LogP contribution in [0.2, 0.25) is 0 Å². The lowest BCUT2D eigenvalue weighted by molar-refractivity contribution is -0.121. The number of rotatable bonds is 7. The molecule has 2 heterocycles. The molecule has 3 N–H and O–H groups in total. The van der Waals surface area contributed by atoms with E-state index in [1.165, 1.54) is 32.6 Å². The molecule has 30 heavy (non-hydrogen) atoms. The van der Waals surface area contributed by atoms with E-state index in [0.29, 0.717) is 22.6 Å². The fourth-order valence-corrected chi connectivity index (χ4v) is 5.78. The van der Waals surface area contributed by atoms with Crippen LogP contribution in [0.4, 0.5) is 0 Å². The number of primary amides is 1. The molecule has 1 saturated carbocycles. The summed E-state index contributed by atoms with van der Waals surface area (Å²) < 4.78 is 31.2. The second kappa shape index (κ2) is 7.03. The van der Waals surface area contributed by atoms with Crippen molar-refractivity contribution in [2.24, 2.45) is 18.7 Å². The molecular weight excluding hydrogens is 426 g/mol. The van der Waals surface area contributed by atoms with Crippen LogP contribution in [0.5, 0.6) is 0 Å². The molecule has 4 rings (SSSR count). The van der Waals surface area contributed by atoms with Crippen molar-refractivity contribution in [2.45, 2.75) is 43.5 Å². The number of nitrogens with one attached hydrogen (secondary N) is 1. The zero-order valence-electron chi connectivity index (χ0n) is 16.9. The first kappa shape index (κ1) is 20.8. The van der Waals surface area contributed by atoms with Crippen molar-refractivity contribution in [3.63, 3.8) is 0 Å². The van der Waals surface area contributed by atoms with Crippen LogP contribution in [-0.2, 0) is 28.3 Å². The van der Waals surface area contributed by atoms with Gasteiger partial charge in [0.25, 0.3) is 0 Å². The summed E-state index contributed by atoms with van der Waals surface area (Å²) in [5.41, 5.74) is 5.66. The van der Waals surface area contributed by atoms with Crippen molar-refractivity contribution in [2.75, 3.05) is 0 Å². The van der Waals surface area contributed by atoms with Gasteiger partial charge < -0.3 is 5.73 Å². The third-order valence-corrected chi connectivity index (χ3v) is 8.09. The Morgan fingerprint density at radius 3 is 2.70 bits per heavy atom. The Hall–Kier alpha value is -2.50. The van der Waals surface area contributed by atoms with Crippen molar-refractivity contribution < 1.29 is 13.2 Å². The summed E-state index contributed by atoms with van der Waals surface area (Å²) in [5, 5.41) is 0.411. The van der Waals surface area contributed by atoms with E-state index in [9.17, 15) is 18.0 Å². The number of carbonyl (C=O) groups is 1. The number of nitrogens with two attached hydrogens (primary N) is 1. The minimum absolute atomic E-state index is 0.0987. The maximum absolute atomic E-state index is 12.9. The molecule has 1 amide bonds. The number of amides is 1. The van der Waals surface area contributed by atoms with Gasteiger partial charge in [-0.15, -0.1) is 11.3 Å². The van der Waals surface area contributed by atoms with E-state index < -0.39 is 21.5 Å². The highest BCUT2D eigenvalue weighted by atomic mass is 32.2. The summed E-state index contributed by atoms with van der Waals surface area (Å²) >= 11 is 1.27. The third-order valence-electron chi connectivity index (χ3n) is 5.44. The van der Waals surface area contributed by atoms with Crippen LogP contribution < -0.4 is 16.1 Å². The molecule has 0 bridgehead atoms. The number of hydrogen-bond acceptors (Lipinski definition) is 6. The summed E-state index contributed by atoms with van der Waals surface area (Å²) in [7, 11) is -2.09. The van der Waals surface area contributed by atoms with Gasteiger partial charge in [-0.25, -0.2) is 27.5 Å². The average Bonchev–Trinajstić information content (AvgIpc) is 3.11. The van der Waals surface area contributed by atoms with E-state index in [1.54, 1.807) is 26.2 Å². The molecule has 1 atom stereocenters. The van der Waals surface area contributed by atoms with Crippen LogP contribution in [0.25, 0.3) is 16.2 Å². The number of fused-ring (bicyclic) bond motifs is 1. The Morgan fingerprint density at radius 2 is 2.07 bits per heavy atom. The molecule has 1 aliphatic rings. The fourth-order valence-electron chi connectivity index (χ4n) is 3.24. The second-order valence-corrected chi connectivity index (χ2v) is 10.9. The average molecular weight is 450 g/mol. The molecule has 0 saturated heterocycles. The molecule has 11 heteroatoms. The van der Waals surface area contributed by atoms with E-state index in [-0.39, 0.29) is 16.5 Å². The first-order valence-electron chi connectivity index (χ1n) is 9.51. The number of aromatic nitrogens is 3. The lowest BCUT2D eigenvalue weighted by Gasteiger charge is -2.12. The minimum atomic E-state index is -3.71. The molecule has 1 fully saturated rings. The first-order chi connectivity index (χ1) is 14.0. The molecule has 1 aromatic carbocycles. The van der Waals surface area contributed by atoms with Gasteiger partial charge >= 0.3 is 5.69 Å². The lowest BCUT2D eigenvalue weighted by Crippen LogP contribution is -2.34. The molecule has 0 spiro atoms. The van der Waals surface area contributed by atoms with Gasteiger partial charge in [0.05, 0.1) is 15.9 Å². The number of thiazole rings is 1. The summed E-state index contributed by atoms with van der Waals surface area (Å²) in [5.74, 6) is -0.756. The molecule has 0 radical (unpaired) electrons. The number of imidazole rings is 1. The van der Waals surface area contributed by atoms with Gasteiger partial charge in [0, 0.05) is 29.6 Å². The summed E-state index contributed by atoms with van der Waals surface area (Å²) in [4.78, 5) is 29.5. The van der Waals surface area contributed by atoms with E-state index >= 15 is 0 Å². The summed E-state index contributed by atoms with van der Waals surface area (Å²) in [6, 6.07) is 4.63. The van der Waals surface area contributed by atoms with Crippen molar-refractivity contribution in [1.29, 1.82) is 0 Å². The van der Waals surface area contributed by atoms with Gasteiger partial charge in [-0.2, -0.15) is 0 Å². The first-order valence-corrected chi connectivity index (χ1v) is 11.8. The SMILES string of the molecule is CC(Cc1cnc(-n2c(=O)n(C)c3ccc(S(=O)(=O)NC4(C)CC4)cc32)s1)C(N)=O.